The number of rotatable bonds is 14. The van der Waals surface area contributed by atoms with Crippen LogP contribution in [-0.4, -0.2) is 72.6 Å². The Morgan fingerprint density at radius 2 is 1.72 bits per heavy atom. The molecule has 0 spiro atoms. The second-order valence-electron chi connectivity index (χ2n) is 9.82. The first kappa shape index (κ1) is 30.0. The molecule has 1 fully saturated rings. The van der Waals surface area contributed by atoms with Gasteiger partial charge in [0.05, 0.1) is 31.4 Å². The van der Waals surface area contributed by atoms with Crippen molar-refractivity contribution in [2.45, 2.75) is 59.6 Å². The molecule has 3 rings (SSSR count). The fourth-order valence-electron chi connectivity index (χ4n) is 4.67. The van der Waals surface area contributed by atoms with Gasteiger partial charge in [0.25, 0.3) is 11.7 Å². The van der Waals surface area contributed by atoms with E-state index in [2.05, 4.69) is 25.7 Å². The number of nitrogens with zero attached hydrogens (tertiary/aromatic N) is 2. The Morgan fingerprint density at radius 1 is 1.03 bits per heavy atom. The number of likely N-dealkylation sites (N-methyl/N-ethyl adjacent to an activating group) is 1. The number of hydrogen-bond donors (Lipinski definition) is 1. The number of hydrogen-bond acceptors (Lipinski definition) is 7. The molecule has 1 amide bonds. The molecule has 1 aliphatic heterocycles. The van der Waals surface area contributed by atoms with Crippen molar-refractivity contribution in [1.82, 2.24) is 9.80 Å². The third-order valence-corrected chi connectivity index (χ3v) is 6.85. The van der Waals surface area contributed by atoms with Gasteiger partial charge in [-0.05, 0) is 75.3 Å². The first-order chi connectivity index (χ1) is 18.7. The Morgan fingerprint density at radius 3 is 2.31 bits per heavy atom. The van der Waals surface area contributed by atoms with Crippen LogP contribution in [0.2, 0.25) is 0 Å². The molecule has 2 aromatic rings. The van der Waals surface area contributed by atoms with Crippen molar-refractivity contribution < 1.29 is 28.9 Å². The van der Waals surface area contributed by atoms with Crippen molar-refractivity contribution in [1.29, 1.82) is 0 Å². The number of unbranched alkanes of at least 4 members (excludes halogenated alkanes) is 1. The van der Waals surface area contributed by atoms with Crippen LogP contribution < -0.4 is 14.2 Å². The molecule has 8 nitrogen and oxygen atoms in total. The van der Waals surface area contributed by atoms with Crippen LogP contribution in [0.5, 0.6) is 17.2 Å². The van der Waals surface area contributed by atoms with Crippen molar-refractivity contribution in [3.05, 3.63) is 59.2 Å². The van der Waals surface area contributed by atoms with E-state index < -0.39 is 17.7 Å². The average Bonchev–Trinajstić information content (AvgIpc) is 3.18. The summed E-state index contributed by atoms with van der Waals surface area (Å²) in [6, 6.07) is 11.5. The number of carbonyl (C=O) groups is 2. The zero-order chi connectivity index (χ0) is 28.5. The lowest BCUT2D eigenvalue weighted by atomic mass is 9.95. The molecule has 8 heteroatoms. The van der Waals surface area contributed by atoms with Crippen molar-refractivity contribution in [3.8, 4) is 17.2 Å². The van der Waals surface area contributed by atoms with Gasteiger partial charge >= 0.3 is 0 Å². The van der Waals surface area contributed by atoms with E-state index in [9.17, 15) is 14.7 Å². The molecule has 1 aliphatic rings. The van der Waals surface area contributed by atoms with Crippen LogP contribution in [0.1, 0.15) is 64.6 Å². The highest BCUT2D eigenvalue weighted by atomic mass is 16.5. The average molecular weight is 539 g/mol. The highest BCUT2D eigenvalue weighted by Gasteiger charge is 2.46. The number of amides is 1. The van der Waals surface area contributed by atoms with Crippen LogP contribution in [0.4, 0.5) is 0 Å². The fraction of sp³-hybridized carbons (Fsp3) is 0.484. The minimum Gasteiger partial charge on any atom is -0.507 e. The van der Waals surface area contributed by atoms with Gasteiger partial charge in [-0.2, -0.15) is 0 Å². The van der Waals surface area contributed by atoms with E-state index in [1.54, 1.807) is 48.4 Å². The molecule has 0 radical (unpaired) electrons. The van der Waals surface area contributed by atoms with Crippen LogP contribution in [-0.2, 0) is 9.59 Å². The standard InChI is InChI=1S/C31H42N2O6/c1-7-10-19-38-25-16-13-23(20-26(25)37-6)28-27(29(34)22-11-14-24(15-12-22)39-21(4)5)30(35)31(36)33(28)18-17-32(8-2)9-3/h11-16,20-21,28,34H,7-10,17-19H2,1-6H3/b29-27+. The smallest absolute Gasteiger partial charge is 0.295 e. The first-order valence-electron chi connectivity index (χ1n) is 13.8. The van der Waals surface area contributed by atoms with Crippen molar-refractivity contribution in [2.75, 3.05) is 39.9 Å². The molecular weight excluding hydrogens is 496 g/mol. The molecule has 0 saturated carbocycles. The summed E-state index contributed by atoms with van der Waals surface area (Å²) >= 11 is 0. The topological polar surface area (TPSA) is 88.5 Å². The number of ketones is 1. The zero-order valence-corrected chi connectivity index (χ0v) is 24.0. The Hall–Kier alpha value is -3.52. The summed E-state index contributed by atoms with van der Waals surface area (Å²) in [4.78, 5) is 30.5. The summed E-state index contributed by atoms with van der Waals surface area (Å²) in [6.07, 6.45) is 1.92. The van der Waals surface area contributed by atoms with E-state index >= 15 is 0 Å². The van der Waals surface area contributed by atoms with E-state index in [4.69, 9.17) is 14.2 Å². The first-order valence-corrected chi connectivity index (χ1v) is 13.8. The largest absolute Gasteiger partial charge is 0.507 e. The molecule has 39 heavy (non-hydrogen) atoms. The summed E-state index contributed by atoms with van der Waals surface area (Å²) in [5, 5.41) is 11.4. The molecule has 1 saturated heterocycles. The lowest BCUT2D eigenvalue weighted by molar-refractivity contribution is -0.140. The summed E-state index contributed by atoms with van der Waals surface area (Å²) in [6.45, 7) is 13.2. The number of carbonyl (C=O) groups excluding carboxylic acids is 2. The number of aliphatic hydroxyl groups excluding tert-OH is 1. The fourth-order valence-corrected chi connectivity index (χ4v) is 4.67. The molecule has 0 aliphatic carbocycles. The van der Waals surface area contributed by atoms with Gasteiger partial charge in [-0.15, -0.1) is 0 Å². The molecular formula is C31H42N2O6. The maximum atomic E-state index is 13.4. The monoisotopic (exact) mass is 538 g/mol. The van der Waals surface area contributed by atoms with Crippen LogP contribution in [0, 0.1) is 0 Å². The van der Waals surface area contributed by atoms with Gasteiger partial charge < -0.3 is 29.1 Å². The molecule has 1 heterocycles. The SMILES string of the molecule is CCCCOc1ccc(C2/C(=C(\O)c3ccc(OC(C)C)cc3)C(=O)C(=O)N2CCN(CC)CC)cc1OC. The van der Waals surface area contributed by atoms with Gasteiger partial charge in [-0.1, -0.05) is 33.3 Å². The number of methoxy groups -OCH3 is 1. The third-order valence-electron chi connectivity index (χ3n) is 6.85. The Balaban J connectivity index is 2.08. The van der Waals surface area contributed by atoms with E-state index in [1.807, 2.05) is 19.9 Å². The molecule has 1 N–H and O–H groups in total. The van der Waals surface area contributed by atoms with Crippen molar-refractivity contribution >= 4 is 17.4 Å². The predicted octanol–water partition coefficient (Wildman–Crippen LogP) is 5.42. The van der Waals surface area contributed by atoms with Gasteiger partial charge in [0, 0.05) is 18.7 Å². The van der Waals surface area contributed by atoms with Crippen LogP contribution >= 0.6 is 0 Å². The maximum absolute atomic E-state index is 13.4. The van der Waals surface area contributed by atoms with Gasteiger partial charge in [0.15, 0.2) is 11.5 Å². The number of ether oxygens (including phenoxy) is 3. The minimum atomic E-state index is -0.772. The Bertz CT molecular complexity index is 1150. The van der Waals surface area contributed by atoms with Crippen LogP contribution in [0.15, 0.2) is 48.0 Å². The maximum Gasteiger partial charge on any atom is 0.295 e. The van der Waals surface area contributed by atoms with Gasteiger partial charge in [0.2, 0.25) is 0 Å². The van der Waals surface area contributed by atoms with Crippen molar-refractivity contribution in [2.24, 2.45) is 0 Å². The molecule has 1 atom stereocenters. The number of likely N-dealkylation sites (tertiary alicyclic amines) is 1. The van der Waals surface area contributed by atoms with Gasteiger partial charge in [0.1, 0.15) is 11.5 Å². The number of aliphatic hydroxyl groups is 1. The number of benzene rings is 2. The van der Waals surface area contributed by atoms with Crippen LogP contribution in [0.3, 0.4) is 0 Å². The second kappa shape index (κ2) is 14.0. The quantitative estimate of drug-likeness (QED) is 0.149. The minimum absolute atomic E-state index is 0.00415. The van der Waals surface area contributed by atoms with Crippen LogP contribution in [0.25, 0.3) is 5.76 Å². The molecule has 0 aromatic heterocycles. The second-order valence-corrected chi connectivity index (χ2v) is 9.82. The zero-order valence-electron chi connectivity index (χ0n) is 24.0. The highest BCUT2D eigenvalue weighted by Crippen LogP contribution is 2.42. The molecule has 2 aromatic carbocycles. The number of Topliss-reactive ketones (excluding diaryl/α,β-unsaturated/α-hetero) is 1. The van der Waals surface area contributed by atoms with E-state index in [1.165, 1.54) is 0 Å². The lowest BCUT2D eigenvalue weighted by Gasteiger charge is -2.28. The van der Waals surface area contributed by atoms with Crippen molar-refractivity contribution in [3.63, 3.8) is 0 Å². The normalized spacial score (nSPS) is 16.8. The summed E-state index contributed by atoms with van der Waals surface area (Å²) < 4.78 is 17.2. The summed E-state index contributed by atoms with van der Waals surface area (Å²) in [5.41, 5.74) is 1.15. The van der Waals surface area contributed by atoms with E-state index in [0.717, 1.165) is 25.9 Å². The van der Waals surface area contributed by atoms with Gasteiger partial charge in [-0.25, -0.2) is 0 Å². The highest BCUT2D eigenvalue weighted by molar-refractivity contribution is 6.46. The van der Waals surface area contributed by atoms with Gasteiger partial charge in [-0.3, -0.25) is 9.59 Å². The summed E-state index contributed by atoms with van der Waals surface area (Å²) in [7, 11) is 1.56. The predicted molar refractivity (Wildman–Crippen MR) is 152 cm³/mol. The lowest BCUT2D eigenvalue weighted by Crippen LogP contribution is -2.38. The molecule has 212 valence electrons. The third kappa shape index (κ3) is 7.12. The Kier molecular flexibility index (Phi) is 10.8. The van der Waals surface area contributed by atoms with E-state index in [0.29, 0.717) is 48.1 Å². The summed E-state index contributed by atoms with van der Waals surface area (Å²) in [5.74, 6) is 0.198. The van der Waals surface area contributed by atoms with E-state index in [-0.39, 0.29) is 17.4 Å². The molecule has 0 bridgehead atoms. The Labute approximate surface area is 232 Å². The molecule has 1 unspecified atom stereocenters.